The molecule has 0 radical (unpaired) electrons. The Morgan fingerprint density at radius 1 is 1.22 bits per heavy atom. The minimum absolute atomic E-state index is 0.583. The monoisotopic (exact) mass is 253 g/mol. The highest BCUT2D eigenvalue weighted by molar-refractivity contribution is 4.89. The van der Waals surface area contributed by atoms with Crippen molar-refractivity contribution in [1.29, 1.82) is 0 Å². The van der Waals surface area contributed by atoms with Gasteiger partial charge in [0.2, 0.25) is 0 Å². The average Bonchev–Trinajstić information content (AvgIpc) is 2.38. The molecule has 1 heterocycles. The lowest BCUT2D eigenvalue weighted by molar-refractivity contribution is 0.0259. The Morgan fingerprint density at radius 3 is 2.67 bits per heavy atom. The van der Waals surface area contributed by atoms with E-state index in [1.807, 2.05) is 0 Å². The van der Waals surface area contributed by atoms with E-state index in [2.05, 4.69) is 30.7 Å². The van der Waals surface area contributed by atoms with E-state index in [0.29, 0.717) is 6.04 Å². The van der Waals surface area contributed by atoms with Crippen molar-refractivity contribution in [2.24, 2.45) is 17.6 Å². The summed E-state index contributed by atoms with van der Waals surface area (Å²) in [6.07, 6.45) is 5.65. The molecular formula is C15H31N3. The molecule has 2 rings (SSSR count). The zero-order valence-corrected chi connectivity index (χ0v) is 12.4. The minimum Gasteiger partial charge on any atom is -0.329 e. The maximum absolute atomic E-state index is 5.99. The van der Waals surface area contributed by atoms with E-state index in [9.17, 15) is 0 Å². The Labute approximate surface area is 113 Å². The molecule has 2 N–H and O–H groups in total. The van der Waals surface area contributed by atoms with E-state index in [-0.39, 0.29) is 0 Å². The predicted octanol–water partition coefficient (Wildman–Crippen LogP) is 1.78. The maximum atomic E-state index is 5.99. The summed E-state index contributed by atoms with van der Waals surface area (Å²) in [5, 5.41) is 0. The van der Waals surface area contributed by atoms with Gasteiger partial charge < -0.3 is 10.6 Å². The van der Waals surface area contributed by atoms with Crippen molar-refractivity contribution < 1.29 is 0 Å². The Kier molecular flexibility index (Phi) is 5.05. The van der Waals surface area contributed by atoms with Crippen LogP contribution in [0.5, 0.6) is 0 Å². The summed E-state index contributed by atoms with van der Waals surface area (Å²) in [4.78, 5) is 5.16. The second kappa shape index (κ2) is 6.36. The Hall–Kier alpha value is -0.120. The van der Waals surface area contributed by atoms with Crippen LogP contribution in [0, 0.1) is 11.8 Å². The molecule has 106 valence electrons. The number of nitrogens with two attached hydrogens (primary N) is 1. The molecule has 0 aromatic carbocycles. The summed E-state index contributed by atoms with van der Waals surface area (Å²) < 4.78 is 0. The standard InChI is InChI=1S/C15H31N3/c1-12(2)13-5-4-6-14(9-13)18-8-7-17(3)11-15(18)10-16/h12-15H,4-11,16H2,1-3H3. The number of nitrogens with zero attached hydrogens (tertiary/aromatic N) is 2. The molecule has 1 saturated carbocycles. The summed E-state index contributed by atoms with van der Waals surface area (Å²) >= 11 is 0. The predicted molar refractivity (Wildman–Crippen MR) is 77.6 cm³/mol. The van der Waals surface area contributed by atoms with Crippen LogP contribution in [0.2, 0.25) is 0 Å². The van der Waals surface area contributed by atoms with Gasteiger partial charge >= 0.3 is 0 Å². The van der Waals surface area contributed by atoms with Crippen molar-refractivity contribution in [3.8, 4) is 0 Å². The van der Waals surface area contributed by atoms with Gasteiger partial charge in [-0.15, -0.1) is 0 Å². The lowest BCUT2D eigenvalue weighted by Crippen LogP contribution is -2.58. The molecule has 3 unspecified atom stereocenters. The Bertz CT molecular complexity index is 254. The molecule has 0 amide bonds. The van der Waals surface area contributed by atoms with Gasteiger partial charge in [0, 0.05) is 38.3 Å². The molecule has 3 heteroatoms. The highest BCUT2D eigenvalue weighted by Crippen LogP contribution is 2.33. The first kappa shape index (κ1) is 14.3. The van der Waals surface area contributed by atoms with Crippen molar-refractivity contribution in [1.82, 2.24) is 9.80 Å². The smallest absolute Gasteiger partial charge is 0.0349 e. The third-order valence-corrected chi connectivity index (χ3v) is 5.10. The minimum atomic E-state index is 0.583. The molecule has 1 saturated heterocycles. The van der Waals surface area contributed by atoms with Crippen molar-refractivity contribution in [3.63, 3.8) is 0 Å². The van der Waals surface area contributed by atoms with E-state index < -0.39 is 0 Å². The van der Waals surface area contributed by atoms with Crippen LogP contribution in [0.25, 0.3) is 0 Å². The molecule has 18 heavy (non-hydrogen) atoms. The maximum Gasteiger partial charge on any atom is 0.0349 e. The summed E-state index contributed by atoms with van der Waals surface area (Å²) in [5.41, 5.74) is 5.99. The molecule has 1 aliphatic carbocycles. The fraction of sp³-hybridized carbons (Fsp3) is 1.00. The van der Waals surface area contributed by atoms with Crippen LogP contribution >= 0.6 is 0 Å². The second-order valence-electron chi connectivity index (χ2n) is 6.71. The topological polar surface area (TPSA) is 32.5 Å². The van der Waals surface area contributed by atoms with Gasteiger partial charge in [-0.2, -0.15) is 0 Å². The second-order valence-corrected chi connectivity index (χ2v) is 6.71. The third-order valence-electron chi connectivity index (χ3n) is 5.10. The number of piperazine rings is 1. The van der Waals surface area contributed by atoms with Crippen molar-refractivity contribution in [3.05, 3.63) is 0 Å². The van der Waals surface area contributed by atoms with Crippen LogP contribution < -0.4 is 5.73 Å². The van der Waals surface area contributed by atoms with Gasteiger partial charge in [0.05, 0.1) is 0 Å². The molecule has 2 fully saturated rings. The SMILES string of the molecule is CC(C)C1CCCC(N2CCN(C)CC2CN)C1. The van der Waals surface area contributed by atoms with Crippen LogP contribution in [0.1, 0.15) is 39.5 Å². The van der Waals surface area contributed by atoms with E-state index in [4.69, 9.17) is 5.73 Å². The van der Waals surface area contributed by atoms with Gasteiger partial charge in [-0.25, -0.2) is 0 Å². The summed E-state index contributed by atoms with van der Waals surface area (Å²) in [6.45, 7) is 9.16. The Balaban J connectivity index is 1.96. The number of likely N-dealkylation sites (N-methyl/N-ethyl adjacent to an activating group) is 1. The molecule has 2 aliphatic rings. The molecule has 3 nitrogen and oxygen atoms in total. The lowest BCUT2D eigenvalue weighted by Gasteiger charge is -2.47. The molecule has 0 spiro atoms. The van der Waals surface area contributed by atoms with Gasteiger partial charge in [-0.1, -0.05) is 26.7 Å². The Morgan fingerprint density at radius 2 is 2.00 bits per heavy atom. The number of rotatable bonds is 3. The van der Waals surface area contributed by atoms with E-state index in [1.54, 1.807) is 0 Å². The van der Waals surface area contributed by atoms with E-state index in [0.717, 1.165) is 31.0 Å². The van der Waals surface area contributed by atoms with Crippen molar-refractivity contribution in [2.45, 2.75) is 51.6 Å². The zero-order valence-electron chi connectivity index (χ0n) is 12.4. The fourth-order valence-electron chi connectivity index (χ4n) is 3.82. The number of hydrogen-bond donors (Lipinski definition) is 1. The summed E-state index contributed by atoms with van der Waals surface area (Å²) in [6, 6.07) is 1.38. The first-order valence-corrected chi connectivity index (χ1v) is 7.76. The van der Waals surface area contributed by atoms with Gasteiger partial charge in [0.15, 0.2) is 0 Å². The first-order valence-electron chi connectivity index (χ1n) is 7.76. The van der Waals surface area contributed by atoms with E-state index >= 15 is 0 Å². The summed E-state index contributed by atoms with van der Waals surface area (Å²) in [7, 11) is 2.22. The van der Waals surface area contributed by atoms with Crippen molar-refractivity contribution in [2.75, 3.05) is 33.2 Å². The molecule has 0 aromatic heterocycles. The average molecular weight is 253 g/mol. The van der Waals surface area contributed by atoms with Crippen LogP contribution in [0.3, 0.4) is 0 Å². The number of hydrogen-bond acceptors (Lipinski definition) is 3. The molecule has 0 aromatic rings. The quantitative estimate of drug-likeness (QED) is 0.832. The van der Waals surface area contributed by atoms with E-state index in [1.165, 1.54) is 38.8 Å². The zero-order chi connectivity index (χ0) is 13.1. The summed E-state index contributed by atoms with van der Waals surface area (Å²) in [5.74, 6) is 1.78. The molecule has 0 bridgehead atoms. The molecular weight excluding hydrogens is 222 g/mol. The first-order chi connectivity index (χ1) is 8.61. The highest BCUT2D eigenvalue weighted by Gasteiger charge is 2.33. The van der Waals surface area contributed by atoms with Gasteiger partial charge in [-0.05, 0) is 31.7 Å². The third kappa shape index (κ3) is 3.25. The van der Waals surface area contributed by atoms with Crippen molar-refractivity contribution >= 4 is 0 Å². The van der Waals surface area contributed by atoms with Gasteiger partial charge in [-0.3, -0.25) is 4.90 Å². The molecule has 3 atom stereocenters. The van der Waals surface area contributed by atoms with Crippen LogP contribution in [0.4, 0.5) is 0 Å². The van der Waals surface area contributed by atoms with Crippen LogP contribution in [-0.2, 0) is 0 Å². The van der Waals surface area contributed by atoms with Crippen LogP contribution in [0.15, 0.2) is 0 Å². The van der Waals surface area contributed by atoms with Gasteiger partial charge in [0.1, 0.15) is 0 Å². The van der Waals surface area contributed by atoms with Gasteiger partial charge in [0.25, 0.3) is 0 Å². The fourth-order valence-corrected chi connectivity index (χ4v) is 3.82. The lowest BCUT2D eigenvalue weighted by atomic mass is 9.78. The normalized spacial score (nSPS) is 36.2. The largest absolute Gasteiger partial charge is 0.329 e. The highest BCUT2D eigenvalue weighted by atomic mass is 15.3. The van der Waals surface area contributed by atoms with Crippen LogP contribution in [-0.4, -0.2) is 55.1 Å². The molecule has 1 aliphatic heterocycles.